The minimum absolute atomic E-state index is 0.0415. The molecule has 254 valence electrons. The van der Waals surface area contributed by atoms with Gasteiger partial charge in [-0.1, -0.05) is 190 Å². The van der Waals surface area contributed by atoms with Crippen LogP contribution >= 0.6 is 0 Å². The molecule has 0 bridgehead atoms. The Morgan fingerprint density at radius 1 is 0.615 bits per heavy atom. The minimum atomic E-state index is -0.634. The van der Waals surface area contributed by atoms with Crippen LogP contribution in [-0.4, -0.2) is 6.71 Å². The number of allylic oxidation sites excluding steroid dienone is 5. The van der Waals surface area contributed by atoms with E-state index in [4.69, 9.17) is 4.74 Å². The Morgan fingerprint density at radius 2 is 1.19 bits per heavy atom. The zero-order valence-corrected chi connectivity index (χ0v) is 30.5. The maximum atomic E-state index is 7.26. The van der Waals surface area contributed by atoms with Crippen molar-refractivity contribution in [3.05, 3.63) is 210 Å². The normalized spacial score (nSPS) is 14.1. The number of rotatable bonds is 8. The molecule has 8 rings (SSSR count). The molecule has 0 radical (unpaired) electrons. The summed E-state index contributed by atoms with van der Waals surface area (Å²) in [5, 5.41) is 0. The highest BCUT2D eigenvalue weighted by molar-refractivity contribution is 6.92. The first kappa shape index (κ1) is 33.4. The summed E-state index contributed by atoms with van der Waals surface area (Å²) in [7, 11) is 0. The van der Waals surface area contributed by atoms with E-state index in [-0.39, 0.29) is 12.6 Å². The third-order valence-electron chi connectivity index (χ3n) is 10.8. The van der Waals surface area contributed by atoms with Gasteiger partial charge in [-0.15, -0.1) is 0 Å². The van der Waals surface area contributed by atoms with Gasteiger partial charge in [-0.3, -0.25) is 0 Å². The minimum Gasteiger partial charge on any atom is -0.457 e. The molecule has 1 spiro atoms. The third kappa shape index (κ3) is 5.26. The van der Waals surface area contributed by atoms with E-state index in [9.17, 15) is 0 Å². The van der Waals surface area contributed by atoms with Crippen LogP contribution in [0.5, 0.6) is 11.5 Å². The number of anilines is 3. The van der Waals surface area contributed by atoms with Crippen molar-refractivity contribution < 1.29 is 4.74 Å². The van der Waals surface area contributed by atoms with Crippen molar-refractivity contribution in [3.63, 3.8) is 0 Å². The van der Waals surface area contributed by atoms with Crippen LogP contribution in [0.15, 0.2) is 182 Å². The molecule has 0 saturated heterocycles. The Morgan fingerprint density at radius 3 is 1.87 bits per heavy atom. The summed E-state index contributed by atoms with van der Waals surface area (Å²) in [6.07, 6.45) is 8.29. The molecule has 2 aliphatic heterocycles. The van der Waals surface area contributed by atoms with E-state index in [1.165, 1.54) is 44.5 Å². The fraction of sp³-hybridized carbons (Fsp3) is 0.143. The molecule has 0 fully saturated rings. The van der Waals surface area contributed by atoms with E-state index in [1.807, 2.05) is 12.2 Å². The summed E-state index contributed by atoms with van der Waals surface area (Å²) in [6.45, 7) is 13.1. The number of para-hydroxylation sites is 5. The molecule has 2 heterocycles. The predicted molar refractivity (Wildman–Crippen MR) is 221 cm³/mol. The van der Waals surface area contributed by atoms with Gasteiger partial charge in [0.15, 0.2) is 0 Å². The molecule has 3 heteroatoms. The van der Waals surface area contributed by atoms with E-state index < -0.39 is 5.41 Å². The van der Waals surface area contributed by atoms with Crippen molar-refractivity contribution in [3.8, 4) is 11.5 Å². The van der Waals surface area contributed by atoms with Gasteiger partial charge >= 0.3 is 0 Å². The molecule has 2 nitrogen and oxygen atoms in total. The van der Waals surface area contributed by atoms with Gasteiger partial charge in [-0.2, -0.15) is 0 Å². The summed E-state index contributed by atoms with van der Waals surface area (Å²) in [6, 6.07) is 53.1. The van der Waals surface area contributed by atoms with Crippen LogP contribution in [0.25, 0.3) is 0 Å². The van der Waals surface area contributed by atoms with Crippen LogP contribution in [0.3, 0.4) is 0 Å². The maximum Gasteiger partial charge on any atom is 0.242 e. The average Bonchev–Trinajstić information content (AvgIpc) is 3.18. The average molecular weight is 674 g/mol. The summed E-state index contributed by atoms with van der Waals surface area (Å²) < 4.78 is 7.26. The molecule has 0 atom stereocenters. The summed E-state index contributed by atoms with van der Waals surface area (Å²) in [5.74, 6) is 2.44. The maximum absolute atomic E-state index is 7.26. The number of benzene rings is 6. The molecule has 2 aliphatic rings. The second-order valence-corrected chi connectivity index (χ2v) is 14.4. The molecule has 6 aromatic carbocycles. The lowest BCUT2D eigenvalue weighted by atomic mass is 9.33. The number of nitrogens with zero attached hydrogens (tertiary/aromatic N) is 1. The number of fused-ring (bicyclic) bond motifs is 8. The van der Waals surface area contributed by atoms with Gasteiger partial charge in [-0.25, -0.2) is 0 Å². The second kappa shape index (κ2) is 13.7. The fourth-order valence-corrected chi connectivity index (χ4v) is 8.69. The molecule has 0 aromatic heterocycles. The van der Waals surface area contributed by atoms with Gasteiger partial charge in [0, 0.05) is 16.8 Å². The third-order valence-corrected chi connectivity index (χ3v) is 10.8. The van der Waals surface area contributed by atoms with Crippen LogP contribution in [0.4, 0.5) is 17.1 Å². The van der Waals surface area contributed by atoms with E-state index in [0.29, 0.717) is 5.92 Å². The zero-order chi connectivity index (χ0) is 35.8. The van der Waals surface area contributed by atoms with Gasteiger partial charge in [0.1, 0.15) is 11.5 Å². The molecule has 0 saturated carbocycles. The van der Waals surface area contributed by atoms with Gasteiger partial charge in [-0.05, 0) is 58.8 Å². The summed E-state index contributed by atoms with van der Waals surface area (Å²) >= 11 is 0. The van der Waals surface area contributed by atoms with Crippen molar-refractivity contribution in [2.45, 2.75) is 39.0 Å². The number of hydrogen-bond donors (Lipinski definition) is 0. The highest BCUT2D eigenvalue weighted by atomic mass is 16.5. The Balaban J connectivity index is 1.49. The van der Waals surface area contributed by atoms with E-state index in [1.54, 1.807) is 0 Å². The largest absolute Gasteiger partial charge is 0.457 e. The Labute approximate surface area is 309 Å². The van der Waals surface area contributed by atoms with Crippen LogP contribution in [-0.2, 0) is 5.41 Å². The number of hydrogen-bond acceptors (Lipinski definition) is 2. The van der Waals surface area contributed by atoms with Crippen LogP contribution < -0.4 is 20.6 Å². The van der Waals surface area contributed by atoms with E-state index in [2.05, 4.69) is 197 Å². The smallest absolute Gasteiger partial charge is 0.242 e. The van der Waals surface area contributed by atoms with Gasteiger partial charge in [0.25, 0.3) is 0 Å². The van der Waals surface area contributed by atoms with Crippen molar-refractivity contribution in [1.29, 1.82) is 0 Å². The standard InChI is InChI=1S/C49H44BNO/c1-6-7-9-28-42(35(4)5)50(43-29-16-12-23-37(43)34(2)3)44-30-20-27-41-48(44)52-47-33-19-15-26-40(47)49(41)38-24-13-17-31-45(38)51(36-21-10-8-11-22-36)46-32-18-14-25-39(46)49/h6-35H,1H2,2-5H3/b9-7-,42-28+. The first-order valence-corrected chi connectivity index (χ1v) is 18.5. The lowest BCUT2D eigenvalue weighted by molar-refractivity contribution is 0.437. The van der Waals surface area contributed by atoms with E-state index >= 15 is 0 Å². The molecular weight excluding hydrogens is 629 g/mol. The highest BCUT2D eigenvalue weighted by Crippen LogP contribution is 2.62. The van der Waals surface area contributed by atoms with Gasteiger partial charge in [0.05, 0.1) is 16.8 Å². The molecule has 6 aromatic rings. The van der Waals surface area contributed by atoms with Crippen molar-refractivity contribution in [2.75, 3.05) is 4.90 Å². The molecule has 52 heavy (non-hydrogen) atoms. The van der Waals surface area contributed by atoms with Crippen molar-refractivity contribution in [1.82, 2.24) is 0 Å². The van der Waals surface area contributed by atoms with E-state index in [0.717, 1.165) is 28.3 Å². The Bertz CT molecular complexity index is 2280. The lowest BCUT2D eigenvalue weighted by Gasteiger charge is -2.49. The van der Waals surface area contributed by atoms with Gasteiger partial charge < -0.3 is 9.64 Å². The van der Waals surface area contributed by atoms with Gasteiger partial charge in [0.2, 0.25) is 6.71 Å². The quantitative estimate of drug-likeness (QED) is 0.118. The molecule has 0 aliphatic carbocycles. The molecule has 0 N–H and O–H groups in total. The van der Waals surface area contributed by atoms with Crippen molar-refractivity contribution >= 4 is 34.7 Å². The Hall–Kier alpha value is -5.80. The summed E-state index contributed by atoms with van der Waals surface area (Å²) in [4.78, 5) is 2.42. The monoisotopic (exact) mass is 673 g/mol. The van der Waals surface area contributed by atoms with Crippen molar-refractivity contribution in [2.24, 2.45) is 5.92 Å². The topological polar surface area (TPSA) is 12.5 Å². The molecular formula is C49H44BNO. The lowest BCUT2D eigenvalue weighted by Crippen LogP contribution is -2.49. The number of ether oxygens (including phenoxy) is 1. The highest BCUT2D eigenvalue weighted by Gasteiger charge is 2.52. The first-order valence-electron chi connectivity index (χ1n) is 18.5. The van der Waals surface area contributed by atoms with Crippen LogP contribution in [0, 0.1) is 5.92 Å². The second-order valence-electron chi connectivity index (χ2n) is 14.4. The zero-order valence-electron chi connectivity index (χ0n) is 30.5. The fourth-order valence-electron chi connectivity index (χ4n) is 8.69. The molecule has 0 amide bonds. The molecule has 0 unspecified atom stereocenters. The Kier molecular flexibility index (Phi) is 8.81. The van der Waals surface area contributed by atoms with Crippen LogP contribution in [0.1, 0.15) is 61.4 Å². The summed E-state index contributed by atoms with van der Waals surface area (Å²) in [5.41, 5.74) is 12.8. The predicted octanol–water partition coefficient (Wildman–Crippen LogP) is 11.6. The first-order chi connectivity index (χ1) is 25.5. The SMILES string of the molecule is C=C/C=C\C=C(\B(c1ccccc1C(C)C)c1cccc2c1Oc1ccccc1C21c2ccccc2N(c2ccccc2)c2ccccc21)C(C)C. The van der Waals surface area contributed by atoms with Crippen LogP contribution in [0.2, 0.25) is 0 Å².